The molecule has 0 unspecified atom stereocenters. The third kappa shape index (κ3) is 7.16. The van der Waals surface area contributed by atoms with Crippen molar-refractivity contribution in [3.05, 3.63) is 96.6 Å². The van der Waals surface area contributed by atoms with Crippen LogP contribution in [0.5, 0.6) is 17.2 Å². The van der Waals surface area contributed by atoms with E-state index in [1.807, 2.05) is 30.3 Å². The highest BCUT2D eigenvalue weighted by Gasteiger charge is 2.21. The molecule has 0 aliphatic rings. The maximum absolute atomic E-state index is 12.8. The van der Waals surface area contributed by atoms with Gasteiger partial charge in [0.15, 0.2) is 11.6 Å². The number of fused-ring (bicyclic) bond motifs is 1. The van der Waals surface area contributed by atoms with Crippen molar-refractivity contribution in [3.63, 3.8) is 0 Å². The number of hydrogen-bond acceptors (Lipinski definition) is 9. The van der Waals surface area contributed by atoms with E-state index in [9.17, 15) is 13.2 Å². The summed E-state index contributed by atoms with van der Waals surface area (Å²) < 4.78 is 42.7. The zero-order chi connectivity index (χ0) is 31.1. The van der Waals surface area contributed by atoms with Crippen molar-refractivity contribution in [2.24, 2.45) is 0 Å². The van der Waals surface area contributed by atoms with Crippen LogP contribution in [0.3, 0.4) is 0 Å². The molecular weight excluding hydrogens is 582 g/mol. The Labute approximate surface area is 256 Å². The molecule has 0 saturated carbocycles. The predicted molar refractivity (Wildman–Crippen MR) is 171 cm³/mol. The molecule has 0 aliphatic heterocycles. The van der Waals surface area contributed by atoms with Gasteiger partial charge in [-0.05, 0) is 54.4 Å². The largest absolute Gasteiger partial charge is 0.497 e. The molecule has 226 valence electrons. The molecule has 1 aromatic heterocycles. The molecule has 0 saturated heterocycles. The zero-order valence-corrected chi connectivity index (χ0v) is 25.2. The van der Waals surface area contributed by atoms with E-state index >= 15 is 0 Å². The Hall–Kier alpha value is -5.36. The molecule has 0 atom stereocenters. The average Bonchev–Trinajstić information content (AvgIpc) is 3.04. The summed E-state index contributed by atoms with van der Waals surface area (Å²) >= 11 is 0. The lowest BCUT2D eigenvalue weighted by Crippen LogP contribution is -2.19. The van der Waals surface area contributed by atoms with Crippen LogP contribution in [0, 0.1) is 0 Å². The van der Waals surface area contributed by atoms with Crippen LogP contribution in [0.25, 0.3) is 11.0 Å². The summed E-state index contributed by atoms with van der Waals surface area (Å²) in [5, 5.41) is 6.05. The van der Waals surface area contributed by atoms with Crippen LogP contribution in [0.2, 0.25) is 0 Å². The molecule has 11 nitrogen and oxygen atoms in total. The van der Waals surface area contributed by atoms with Crippen LogP contribution in [-0.2, 0) is 22.1 Å². The summed E-state index contributed by atoms with van der Waals surface area (Å²) in [5.41, 5.74) is 3.27. The normalized spacial score (nSPS) is 10.8. The van der Waals surface area contributed by atoms with E-state index in [0.717, 1.165) is 15.6 Å². The van der Waals surface area contributed by atoms with Crippen LogP contribution in [0.1, 0.15) is 12.0 Å². The first-order valence-corrected chi connectivity index (χ1v) is 14.7. The Morgan fingerprint density at radius 2 is 1.43 bits per heavy atom. The Morgan fingerprint density at radius 1 is 0.750 bits per heavy atom. The minimum atomic E-state index is -3.24. The van der Waals surface area contributed by atoms with Gasteiger partial charge >= 0.3 is 0 Å². The second-order valence-corrected chi connectivity index (χ2v) is 10.5. The third-order valence-electron chi connectivity index (χ3n) is 6.68. The first-order chi connectivity index (χ1) is 21.4. The number of para-hydroxylation sites is 2. The number of carbonyl (C=O) groups excluding carboxylic acids is 1. The lowest BCUT2D eigenvalue weighted by atomic mass is 10.1. The number of aromatic nitrogens is 2. The van der Waals surface area contributed by atoms with Crippen LogP contribution in [0.4, 0.5) is 28.7 Å². The number of methoxy groups -OCH3 is 3. The number of hydrogen-bond donors (Lipinski definition) is 3. The molecule has 5 rings (SSSR count). The Kier molecular flexibility index (Phi) is 9.40. The van der Waals surface area contributed by atoms with Crippen molar-refractivity contribution < 1.29 is 27.4 Å². The molecule has 12 heteroatoms. The van der Waals surface area contributed by atoms with Gasteiger partial charge < -0.3 is 24.8 Å². The number of anilines is 5. The van der Waals surface area contributed by atoms with E-state index in [4.69, 9.17) is 19.2 Å². The predicted octanol–water partition coefficient (Wildman–Crippen LogP) is 5.64. The Bertz CT molecular complexity index is 1850. The molecule has 44 heavy (non-hydrogen) atoms. The number of nitrogens with zero attached hydrogens (tertiary/aromatic N) is 3. The third-order valence-corrected chi connectivity index (χ3v) is 7.43. The summed E-state index contributed by atoms with van der Waals surface area (Å²) in [6, 6.07) is 26.4. The van der Waals surface area contributed by atoms with Gasteiger partial charge in [0.1, 0.15) is 17.2 Å². The van der Waals surface area contributed by atoms with Crippen LogP contribution < -0.4 is 29.1 Å². The summed E-state index contributed by atoms with van der Waals surface area (Å²) in [6.07, 6.45) is 0.739. The first-order valence-electron chi connectivity index (χ1n) is 13.6. The van der Waals surface area contributed by atoms with Crippen LogP contribution >= 0.6 is 0 Å². The number of amides is 1. The highest BCUT2D eigenvalue weighted by atomic mass is 32.2. The number of benzene rings is 4. The number of carbonyl (C=O) groups is 1. The van der Waals surface area contributed by atoms with E-state index in [2.05, 4.69) is 15.6 Å². The van der Waals surface area contributed by atoms with Gasteiger partial charge in [0, 0.05) is 36.0 Å². The van der Waals surface area contributed by atoms with Crippen molar-refractivity contribution in [1.29, 1.82) is 0 Å². The topological polar surface area (TPSA) is 132 Å². The van der Waals surface area contributed by atoms with Crippen LogP contribution in [-0.4, -0.2) is 45.6 Å². The Balaban J connectivity index is 1.46. The van der Waals surface area contributed by atoms with E-state index in [1.165, 1.54) is 14.2 Å². The lowest BCUT2D eigenvalue weighted by molar-refractivity contribution is -0.116. The first kappa shape index (κ1) is 30.1. The number of thiol groups is 1. The minimum absolute atomic E-state index is 0.0445. The fraction of sp³-hybridized carbons (Fsp3) is 0.156. The van der Waals surface area contributed by atoms with Crippen molar-refractivity contribution >= 4 is 56.5 Å². The molecule has 0 radical (unpaired) electrons. The van der Waals surface area contributed by atoms with E-state index in [1.54, 1.807) is 67.8 Å². The van der Waals surface area contributed by atoms with Crippen molar-refractivity contribution in [1.82, 2.24) is 9.97 Å². The fourth-order valence-electron chi connectivity index (χ4n) is 4.56. The second kappa shape index (κ2) is 13.7. The lowest BCUT2D eigenvalue weighted by Gasteiger charge is -2.21. The van der Waals surface area contributed by atoms with Crippen molar-refractivity contribution in [2.45, 2.75) is 12.8 Å². The van der Waals surface area contributed by atoms with Gasteiger partial charge in [-0.2, -0.15) is 0 Å². The molecular formula is C32H31N5O6S. The maximum Gasteiger partial charge on any atom is 0.230 e. The van der Waals surface area contributed by atoms with Crippen molar-refractivity contribution in [3.8, 4) is 17.2 Å². The smallest absolute Gasteiger partial charge is 0.230 e. The van der Waals surface area contributed by atoms with Gasteiger partial charge in [-0.3, -0.25) is 4.79 Å². The summed E-state index contributed by atoms with van der Waals surface area (Å²) in [5.74, 6) is 1.79. The number of aryl methyl sites for hydroxylation is 1. The monoisotopic (exact) mass is 613 g/mol. The average molecular weight is 614 g/mol. The second-order valence-electron chi connectivity index (χ2n) is 9.61. The Morgan fingerprint density at radius 3 is 2.11 bits per heavy atom. The van der Waals surface area contributed by atoms with Gasteiger partial charge in [-0.15, -0.1) is 0 Å². The molecule has 1 amide bonds. The molecule has 0 bridgehead atoms. The minimum Gasteiger partial charge on any atom is -0.497 e. The molecule has 5 aromatic rings. The number of nitrogens with one attached hydrogen (secondary N) is 2. The maximum atomic E-state index is 12.8. The van der Waals surface area contributed by atoms with Crippen molar-refractivity contribution in [2.75, 3.05) is 36.3 Å². The standard InChI is InChI=1S/C32H31N5O6S/c1-41-25-11-6-8-21(16-25)14-15-30(38)33-22-9-7-10-24(17-22)37(44(39)40)32-31(35-28-12-4-5-13-29(28)36-32)34-23-18-26(42-2)20-27(19-23)43-3/h4-13,16-20,44H,14-15H2,1-3H3,(H,33,38)(H,34,35). The highest BCUT2D eigenvalue weighted by Crippen LogP contribution is 2.35. The van der Waals surface area contributed by atoms with Gasteiger partial charge in [0.2, 0.25) is 16.8 Å². The molecule has 0 spiro atoms. The van der Waals surface area contributed by atoms with E-state index in [0.29, 0.717) is 40.3 Å². The quantitative estimate of drug-likeness (QED) is 0.153. The van der Waals surface area contributed by atoms with Crippen LogP contribution in [0.15, 0.2) is 91.0 Å². The molecule has 0 fully saturated rings. The number of ether oxygens (including phenoxy) is 3. The molecule has 4 aromatic carbocycles. The molecule has 1 heterocycles. The molecule has 0 aliphatic carbocycles. The summed E-state index contributed by atoms with van der Waals surface area (Å²) in [4.78, 5) is 22.2. The van der Waals surface area contributed by atoms with Gasteiger partial charge in [0.05, 0.1) is 38.1 Å². The summed E-state index contributed by atoms with van der Waals surface area (Å²) in [6.45, 7) is 0. The van der Waals surface area contributed by atoms with E-state index in [-0.39, 0.29) is 29.7 Å². The highest BCUT2D eigenvalue weighted by molar-refractivity contribution is 7.74. The van der Waals surface area contributed by atoms with E-state index < -0.39 is 10.9 Å². The van der Waals surface area contributed by atoms with Gasteiger partial charge in [0.25, 0.3) is 0 Å². The fourth-order valence-corrected chi connectivity index (χ4v) is 5.16. The molecule has 2 N–H and O–H groups in total. The number of rotatable bonds is 12. The SMILES string of the molecule is COc1cccc(CCC(=O)Nc2cccc(N(c3nc4ccccc4nc3Nc3cc(OC)cc(OC)c3)[SH](=O)=O)c2)c1. The van der Waals surface area contributed by atoms with Gasteiger partial charge in [-0.1, -0.05) is 30.3 Å². The van der Waals surface area contributed by atoms with Gasteiger partial charge in [-0.25, -0.2) is 22.7 Å². The summed E-state index contributed by atoms with van der Waals surface area (Å²) in [7, 11) is 1.43. The zero-order valence-electron chi connectivity index (χ0n) is 24.3.